The number of aromatic nitrogens is 2. The molecule has 0 bridgehead atoms. The Labute approximate surface area is 163 Å². The molecule has 148 valence electrons. The lowest BCUT2D eigenvalue weighted by Crippen LogP contribution is -2.37. The van der Waals surface area contributed by atoms with Gasteiger partial charge in [0.1, 0.15) is 25.6 Å². The van der Waals surface area contributed by atoms with Crippen LogP contribution in [0, 0.1) is 5.92 Å². The number of ether oxygens (including phenoxy) is 3. The molecule has 1 aromatic carbocycles. The summed E-state index contributed by atoms with van der Waals surface area (Å²) in [4.78, 5) is 22.6. The molecule has 0 saturated carbocycles. The summed E-state index contributed by atoms with van der Waals surface area (Å²) in [5.41, 5.74) is 1.03. The van der Waals surface area contributed by atoms with Crippen LogP contribution < -0.4 is 19.7 Å². The van der Waals surface area contributed by atoms with Gasteiger partial charge in [0.15, 0.2) is 11.5 Å². The van der Waals surface area contributed by atoms with E-state index in [1.807, 2.05) is 25.1 Å². The van der Waals surface area contributed by atoms with Crippen LogP contribution in [0.2, 0.25) is 0 Å². The molecular formula is C20H24N4O4. The molecule has 0 aliphatic carbocycles. The molecule has 8 heteroatoms. The van der Waals surface area contributed by atoms with E-state index in [0.717, 1.165) is 17.1 Å². The number of hydrogen-bond donors (Lipinski definition) is 1. The number of carbonyl (C=O) groups is 1. The number of fused-ring (bicyclic) bond motifs is 1. The van der Waals surface area contributed by atoms with Crippen molar-refractivity contribution in [2.24, 2.45) is 5.92 Å². The zero-order chi connectivity index (χ0) is 19.7. The Hall–Kier alpha value is -3.03. The third-order valence-electron chi connectivity index (χ3n) is 4.97. The summed E-state index contributed by atoms with van der Waals surface area (Å²) in [6, 6.07) is 7.49. The van der Waals surface area contributed by atoms with E-state index in [9.17, 15) is 4.79 Å². The van der Waals surface area contributed by atoms with Crippen LogP contribution in [0.15, 0.2) is 30.5 Å². The number of cyclic esters (lactones) is 1. The van der Waals surface area contributed by atoms with Gasteiger partial charge in [0.25, 0.3) is 0 Å². The fraction of sp³-hybridized carbons (Fsp3) is 0.450. The van der Waals surface area contributed by atoms with Gasteiger partial charge in [-0.2, -0.15) is 4.98 Å². The number of anilines is 2. The fourth-order valence-electron chi connectivity index (χ4n) is 3.35. The first-order chi connectivity index (χ1) is 13.5. The summed E-state index contributed by atoms with van der Waals surface area (Å²) in [6.45, 7) is 7.62. The van der Waals surface area contributed by atoms with Crippen molar-refractivity contribution in [3.63, 3.8) is 0 Å². The number of carbonyl (C=O) groups excluding carboxylic acids is 1. The Kier molecular flexibility index (Phi) is 4.93. The van der Waals surface area contributed by atoms with Crippen molar-refractivity contribution in [3.05, 3.63) is 36.0 Å². The van der Waals surface area contributed by atoms with Crippen molar-refractivity contribution < 1.29 is 19.0 Å². The SMILES string of the molecule is CC(C)[C@H]1COC(=O)N1c1ccnc(N[C@@H](C)c2ccc3c(c2)OCCO3)n1. The highest BCUT2D eigenvalue weighted by Gasteiger charge is 2.37. The highest BCUT2D eigenvalue weighted by molar-refractivity contribution is 5.89. The molecule has 1 aromatic heterocycles. The first kappa shape index (κ1) is 18.3. The number of hydrogen-bond acceptors (Lipinski definition) is 7. The molecule has 3 heterocycles. The minimum absolute atomic E-state index is 0.0366. The second kappa shape index (κ2) is 7.53. The minimum Gasteiger partial charge on any atom is -0.486 e. The second-order valence-corrected chi connectivity index (χ2v) is 7.27. The summed E-state index contributed by atoms with van der Waals surface area (Å²) in [6.07, 6.45) is 1.27. The molecular weight excluding hydrogens is 360 g/mol. The van der Waals surface area contributed by atoms with Gasteiger partial charge in [0.2, 0.25) is 5.95 Å². The van der Waals surface area contributed by atoms with Gasteiger partial charge in [-0.1, -0.05) is 19.9 Å². The Balaban J connectivity index is 1.52. The van der Waals surface area contributed by atoms with E-state index in [0.29, 0.717) is 31.6 Å². The van der Waals surface area contributed by atoms with Gasteiger partial charge in [-0.25, -0.2) is 9.78 Å². The average molecular weight is 384 g/mol. The van der Waals surface area contributed by atoms with Crippen LogP contribution in [0.3, 0.4) is 0 Å². The van der Waals surface area contributed by atoms with E-state index < -0.39 is 0 Å². The van der Waals surface area contributed by atoms with Crippen LogP contribution in [-0.2, 0) is 4.74 Å². The topological polar surface area (TPSA) is 85.8 Å². The van der Waals surface area contributed by atoms with E-state index in [2.05, 4.69) is 29.1 Å². The number of amides is 1. The summed E-state index contributed by atoms with van der Waals surface area (Å²) < 4.78 is 16.4. The van der Waals surface area contributed by atoms with E-state index in [1.165, 1.54) is 0 Å². The summed E-state index contributed by atoms with van der Waals surface area (Å²) in [7, 11) is 0. The van der Waals surface area contributed by atoms with Crippen LogP contribution in [0.4, 0.5) is 16.6 Å². The highest BCUT2D eigenvalue weighted by Crippen LogP contribution is 2.33. The van der Waals surface area contributed by atoms with Crippen molar-refractivity contribution in [2.45, 2.75) is 32.9 Å². The lowest BCUT2D eigenvalue weighted by Gasteiger charge is -2.24. The molecule has 2 aliphatic rings. The number of benzene rings is 1. The summed E-state index contributed by atoms with van der Waals surface area (Å²) in [5, 5.41) is 3.29. The maximum Gasteiger partial charge on any atom is 0.415 e. The Morgan fingerprint density at radius 1 is 1.11 bits per heavy atom. The molecule has 4 rings (SSSR count). The minimum atomic E-state index is -0.372. The summed E-state index contributed by atoms with van der Waals surface area (Å²) in [5.74, 6) is 2.74. The first-order valence-corrected chi connectivity index (χ1v) is 9.48. The average Bonchev–Trinajstić information content (AvgIpc) is 3.09. The van der Waals surface area contributed by atoms with E-state index in [1.54, 1.807) is 17.2 Å². The predicted molar refractivity (Wildman–Crippen MR) is 104 cm³/mol. The van der Waals surface area contributed by atoms with Crippen molar-refractivity contribution in [1.82, 2.24) is 9.97 Å². The van der Waals surface area contributed by atoms with Crippen molar-refractivity contribution in [2.75, 3.05) is 30.0 Å². The highest BCUT2D eigenvalue weighted by atomic mass is 16.6. The third kappa shape index (κ3) is 3.54. The molecule has 28 heavy (non-hydrogen) atoms. The van der Waals surface area contributed by atoms with Gasteiger partial charge in [0, 0.05) is 6.20 Å². The van der Waals surface area contributed by atoms with E-state index in [4.69, 9.17) is 14.2 Å². The lowest BCUT2D eigenvalue weighted by atomic mass is 10.0. The predicted octanol–water partition coefficient (Wildman–Crippen LogP) is 3.40. The van der Waals surface area contributed by atoms with Gasteiger partial charge < -0.3 is 19.5 Å². The Bertz CT molecular complexity index is 873. The number of nitrogens with one attached hydrogen (secondary N) is 1. The van der Waals surface area contributed by atoms with Crippen LogP contribution in [-0.4, -0.2) is 41.9 Å². The van der Waals surface area contributed by atoms with Crippen LogP contribution in [0.1, 0.15) is 32.4 Å². The van der Waals surface area contributed by atoms with Crippen molar-refractivity contribution >= 4 is 17.9 Å². The Morgan fingerprint density at radius 2 is 1.89 bits per heavy atom. The molecule has 2 atom stereocenters. The molecule has 2 aromatic rings. The lowest BCUT2D eigenvalue weighted by molar-refractivity contribution is 0.171. The zero-order valence-electron chi connectivity index (χ0n) is 16.2. The second-order valence-electron chi connectivity index (χ2n) is 7.27. The Morgan fingerprint density at radius 3 is 2.68 bits per heavy atom. The van der Waals surface area contributed by atoms with E-state index in [-0.39, 0.29) is 24.1 Å². The third-order valence-corrected chi connectivity index (χ3v) is 4.97. The molecule has 8 nitrogen and oxygen atoms in total. The standard InChI is InChI=1S/C20H24N4O4/c1-12(2)15-11-28-20(25)24(15)18-6-7-21-19(23-18)22-13(3)14-4-5-16-17(10-14)27-9-8-26-16/h4-7,10,12-13,15H,8-9,11H2,1-3H3,(H,21,22,23)/t13-,15+/m0/s1. The molecule has 0 radical (unpaired) electrons. The first-order valence-electron chi connectivity index (χ1n) is 9.48. The number of nitrogens with zero attached hydrogens (tertiary/aromatic N) is 3. The van der Waals surface area contributed by atoms with Crippen molar-refractivity contribution in [1.29, 1.82) is 0 Å². The van der Waals surface area contributed by atoms with Crippen LogP contribution in [0.25, 0.3) is 0 Å². The van der Waals surface area contributed by atoms with Crippen LogP contribution >= 0.6 is 0 Å². The maximum atomic E-state index is 12.2. The molecule has 2 aliphatic heterocycles. The van der Waals surface area contributed by atoms with Crippen LogP contribution in [0.5, 0.6) is 11.5 Å². The van der Waals surface area contributed by atoms with Gasteiger partial charge >= 0.3 is 6.09 Å². The van der Waals surface area contributed by atoms with Crippen molar-refractivity contribution in [3.8, 4) is 11.5 Å². The maximum absolute atomic E-state index is 12.2. The zero-order valence-corrected chi connectivity index (χ0v) is 16.2. The smallest absolute Gasteiger partial charge is 0.415 e. The quantitative estimate of drug-likeness (QED) is 0.845. The van der Waals surface area contributed by atoms with Gasteiger partial charge in [-0.15, -0.1) is 0 Å². The summed E-state index contributed by atoms with van der Waals surface area (Å²) >= 11 is 0. The molecule has 0 unspecified atom stereocenters. The molecule has 1 N–H and O–H groups in total. The van der Waals surface area contributed by atoms with Gasteiger partial charge in [0.05, 0.1) is 12.1 Å². The van der Waals surface area contributed by atoms with E-state index >= 15 is 0 Å². The fourth-order valence-corrected chi connectivity index (χ4v) is 3.35. The molecule has 1 amide bonds. The molecule has 0 spiro atoms. The molecule has 1 saturated heterocycles. The molecule has 1 fully saturated rings. The van der Waals surface area contributed by atoms with Gasteiger partial charge in [-0.05, 0) is 36.6 Å². The normalized spacial score (nSPS) is 19.5. The number of rotatable bonds is 5. The monoisotopic (exact) mass is 384 g/mol. The van der Waals surface area contributed by atoms with Gasteiger partial charge in [-0.3, -0.25) is 4.90 Å². The largest absolute Gasteiger partial charge is 0.486 e.